The maximum atomic E-state index is 13.0. The minimum atomic E-state index is -0.718. The maximum Gasteiger partial charge on any atom is 0.329 e. The van der Waals surface area contributed by atoms with Crippen molar-refractivity contribution in [1.82, 2.24) is 14.5 Å². The zero-order chi connectivity index (χ0) is 20.3. The lowest BCUT2D eigenvalue weighted by Crippen LogP contribution is -2.28. The number of aryl methyl sites for hydroxylation is 1. The van der Waals surface area contributed by atoms with Crippen LogP contribution in [0.5, 0.6) is 0 Å². The quantitative estimate of drug-likeness (QED) is 0.477. The van der Waals surface area contributed by atoms with E-state index in [-0.39, 0.29) is 11.3 Å². The Bertz CT molecular complexity index is 1430. The van der Waals surface area contributed by atoms with Crippen LogP contribution in [0.2, 0.25) is 5.02 Å². The molecular weight excluding hydrogens is 392 g/mol. The maximum absolute atomic E-state index is 13.0. The molecule has 29 heavy (non-hydrogen) atoms. The minimum absolute atomic E-state index is 0.242. The number of benzene rings is 2. The second-order valence-electron chi connectivity index (χ2n) is 6.94. The Morgan fingerprint density at radius 2 is 1.69 bits per heavy atom. The number of amides is 1. The molecule has 5 rings (SSSR count). The number of para-hydroxylation sites is 1. The number of nitrogens with one attached hydrogen (secondary N) is 3. The molecule has 1 aliphatic rings. The number of aromatic nitrogens is 3. The van der Waals surface area contributed by atoms with E-state index >= 15 is 0 Å². The summed E-state index contributed by atoms with van der Waals surface area (Å²) in [5.74, 6) is -0.960. The summed E-state index contributed by atoms with van der Waals surface area (Å²) in [5, 5.41) is 3.60. The van der Waals surface area contributed by atoms with Crippen molar-refractivity contribution in [3.63, 3.8) is 0 Å². The van der Waals surface area contributed by atoms with Crippen molar-refractivity contribution in [2.45, 2.75) is 5.92 Å². The number of nitrogens with zero attached hydrogens (tertiary/aromatic N) is 1. The van der Waals surface area contributed by atoms with Crippen molar-refractivity contribution in [1.29, 1.82) is 0 Å². The van der Waals surface area contributed by atoms with E-state index in [0.29, 0.717) is 33.2 Å². The van der Waals surface area contributed by atoms with Crippen molar-refractivity contribution in [3.8, 4) is 11.3 Å². The first-order valence-electron chi connectivity index (χ1n) is 8.97. The molecule has 0 aliphatic carbocycles. The van der Waals surface area contributed by atoms with Crippen molar-refractivity contribution in [3.05, 3.63) is 85.5 Å². The van der Waals surface area contributed by atoms with Gasteiger partial charge in [-0.3, -0.25) is 19.1 Å². The van der Waals surface area contributed by atoms with Gasteiger partial charge in [-0.1, -0.05) is 48.0 Å². The van der Waals surface area contributed by atoms with Crippen molar-refractivity contribution < 1.29 is 4.79 Å². The molecule has 0 fully saturated rings. The number of carbonyl (C=O) groups excluding carboxylic acids is 1. The van der Waals surface area contributed by atoms with Crippen molar-refractivity contribution in [2.24, 2.45) is 7.05 Å². The van der Waals surface area contributed by atoms with Crippen LogP contribution in [0.3, 0.4) is 0 Å². The first-order valence-corrected chi connectivity index (χ1v) is 9.34. The predicted octanol–water partition coefficient (Wildman–Crippen LogP) is 2.96. The second-order valence-corrected chi connectivity index (χ2v) is 7.35. The lowest BCUT2D eigenvalue weighted by molar-refractivity contribution is -0.116. The van der Waals surface area contributed by atoms with Gasteiger partial charge < -0.3 is 10.3 Å². The summed E-state index contributed by atoms with van der Waals surface area (Å²) in [4.78, 5) is 43.4. The number of rotatable bonds is 2. The first-order chi connectivity index (χ1) is 14.0. The molecule has 0 unspecified atom stereocenters. The standard InChI is InChI=1S/C21H15ClN4O3/c1-26-18-16(20(28)25-21(26)29)15(17(24-18)10-6-2-4-8-12(10)22)14-11-7-3-5-9-13(11)23-19(14)27/h2-9,14,24H,1H3,(H,23,27)(H,25,28,29)/t14-/m0/s1. The molecule has 0 bridgehead atoms. The molecule has 0 spiro atoms. The van der Waals surface area contributed by atoms with E-state index in [9.17, 15) is 14.4 Å². The molecule has 1 amide bonds. The average Bonchev–Trinajstić information content (AvgIpc) is 3.24. The lowest BCUT2D eigenvalue weighted by atomic mass is 9.89. The van der Waals surface area contributed by atoms with Gasteiger partial charge in [0.2, 0.25) is 5.91 Å². The van der Waals surface area contributed by atoms with Crippen LogP contribution in [0.4, 0.5) is 5.69 Å². The Morgan fingerprint density at radius 3 is 2.48 bits per heavy atom. The Balaban J connectivity index is 1.95. The largest absolute Gasteiger partial charge is 0.340 e. The van der Waals surface area contributed by atoms with Crippen LogP contribution >= 0.6 is 11.6 Å². The van der Waals surface area contributed by atoms with Gasteiger partial charge in [0, 0.05) is 28.9 Å². The number of halogens is 1. The number of fused-ring (bicyclic) bond motifs is 2. The number of hydrogen-bond donors (Lipinski definition) is 3. The third kappa shape index (κ3) is 2.48. The van der Waals surface area contributed by atoms with Crippen LogP contribution in [0.1, 0.15) is 17.0 Å². The van der Waals surface area contributed by atoms with Gasteiger partial charge in [-0.15, -0.1) is 0 Å². The summed E-state index contributed by atoms with van der Waals surface area (Å²) >= 11 is 6.44. The number of carbonyl (C=O) groups is 1. The normalized spacial score (nSPS) is 15.5. The molecule has 0 saturated carbocycles. The summed E-state index contributed by atoms with van der Waals surface area (Å²) in [6.07, 6.45) is 0. The zero-order valence-corrected chi connectivity index (χ0v) is 16.0. The highest BCUT2D eigenvalue weighted by Gasteiger charge is 2.37. The molecule has 7 nitrogen and oxygen atoms in total. The van der Waals surface area contributed by atoms with Gasteiger partial charge in [-0.05, 0) is 17.7 Å². The highest BCUT2D eigenvalue weighted by atomic mass is 35.5. The van der Waals surface area contributed by atoms with E-state index in [1.54, 1.807) is 19.2 Å². The summed E-state index contributed by atoms with van der Waals surface area (Å²) in [5.41, 5.74) is 2.37. The number of aromatic amines is 2. The number of H-pyrrole nitrogens is 2. The molecule has 0 radical (unpaired) electrons. The predicted molar refractivity (Wildman–Crippen MR) is 112 cm³/mol. The SMILES string of the molecule is Cn1c(=O)[nH]c(=O)c2c([C@H]3C(=O)Nc4ccccc43)c(-c3ccccc3Cl)[nH]c21. The summed E-state index contributed by atoms with van der Waals surface area (Å²) < 4.78 is 1.32. The fourth-order valence-corrected chi connectivity index (χ4v) is 4.22. The monoisotopic (exact) mass is 406 g/mol. The zero-order valence-electron chi connectivity index (χ0n) is 15.2. The lowest BCUT2D eigenvalue weighted by Gasteiger charge is -2.12. The van der Waals surface area contributed by atoms with Gasteiger partial charge in [-0.2, -0.15) is 0 Å². The Hall–Kier alpha value is -3.58. The van der Waals surface area contributed by atoms with Crippen molar-refractivity contribution >= 4 is 34.2 Å². The highest BCUT2D eigenvalue weighted by Crippen LogP contribution is 2.44. The molecular formula is C21H15ClN4O3. The summed E-state index contributed by atoms with van der Waals surface area (Å²) in [7, 11) is 1.56. The molecule has 2 aromatic carbocycles. The van der Waals surface area contributed by atoms with E-state index in [2.05, 4.69) is 15.3 Å². The van der Waals surface area contributed by atoms with Gasteiger partial charge >= 0.3 is 5.69 Å². The third-order valence-corrected chi connectivity index (χ3v) is 5.66. The molecule has 2 aromatic heterocycles. The van der Waals surface area contributed by atoms with Gasteiger partial charge in [0.1, 0.15) is 5.65 Å². The van der Waals surface area contributed by atoms with Gasteiger partial charge in [0.25, 0.3) is 5.56 Å². The second kappa shape index (κ2) is 6.22. The van der Waals surface area contributed by atoms with Crippen LogP contribution in [-0.4, -0.2) is 20.4 Å². The van der Waals surface area contributed by atoms with Gasteiger partial charge in [0.05, 0.1) is 17.0 Å². The molecule has 0 saturated heterocycles. The molecule has 4 aromatic rings. The average molecular weight is 407 g/mol. The van der Waals surface area contributed by atoms with Crippen molar-refractivity contribution in [2.75, 3.05) is 5.32 Å². The minimum Gasteiger partial charge on any atom is -0.340 e. The summed E-state index contributed by atoms with van der Waals surface area (Å²) in [6.45, 7) is 0. The van der Waals surface area contributed by atoms with E-state index in [0.717, 1.165) is 5.56 Å². The fraction of sp³-hybridized carbons (Fsp3) is 0.0952. The third-order valence-electron chi connectivity index (χ3n) is 5.33. The van der Waals surface area contributed by atoms with E-state index in [1.165, 1.54) is 4.57 Å². The number of anilines is 1. The van der Waals surface area contributed by atoms with Gasteiger partial charge in [0.15, 0.2) is 0 Å². The van der Waals surface area contributed by atoms with Crippen LogP contribution in [0.15, 0.2) is 58.1 Å². The molecule has 8 heteroatoms. The smallest absolute Gasteiger partial charge is 0.329 e. The summed E-state index contributed by atoms with van der Waals surface area (Å²) in [6, 6.07) is 14.5. The van der Waals surface area contributed by atoms with Crippen LogP contribution in [0, 0.1) is 0 Å². The van der Waals surface area contributed by atoms with E-state index in [1.807, 2.05) is 36.4 Å². The molecule has 3 heterocycles. The fourth-order valence-electron chi connectivity index (χ4n) is 3.99. The van der Waals surface area contributed by atoms with Crippen LogP contribution < -0.4 is 16.6 Å². The molecule has 3 N–H and O–H groups in total. The van der Waals surface area contributed by atoms with E-state index in [4.69, 9.17) is 11.6 Å². The van der Waals surface area contributed by atoms with E-state index < -0.39 is 17.2 Å². The molecule has 1 atom stereocenters. The highest BCUT2D eigenvalue weighted by molar-refractivity contribution is 6.33. The Kier molecular flexibility index (Phi) is 3.75. The Morgan fingerprint density at radius 1 is 0.966 bits per heavy atom. The van der Waals surface area contributed by atoms with Gasteiger partial charge in [-0.25, -0.2) is 4.79 Å². The number of hydrogen-bond acceptors (Lipinski definition) is 3. The van der Waals surface area contributed by atoms with Crippen LogP contribution in [0.25, 0.3) is 22.3 Å². The molecule has 144 valence electrons. The Labute approximate surface area is 169 Å². The molecule has 1 aliphatic heterocycles. The van der Waals surface area contributed by atoms with Crippen LogP contribution in [-0.2, 0) is 11.8 Å². The topological polar surface area (TPSA) is 99.8 Å². The first kappa shape index (κ1) is 17.5.